The minimum absolute atomic E-state index is 0.101. The molecule has 0 saturated heterocycles. The van der Waals surface area contributed by atoms with Crippen molar-refractivity contribution in [2.75, 3.05) is 39.6 Å². The van der Waals surface area contributed by atoms with E-state index in [0.29, 0.717) is 19.3 Å². The van der Waals surface area contributed by atoms with Crippen LogP contribution in [0, 0.1) is 0 Å². The maximum absolute atomic E-state index is 12.9. The molecule has 4 N–H and O–H groups in total. The van der Waals surface area contributed by atoms with Gasteiger partial charge >= 0.3 is 33.6 Å². The summed E-state index contributed by atoms with van der Waals surface area (Å²) in [6.45, 7) is 2.44. The molecule has 5 atom stereocenters. The molecule has 18 heteroatoms. The third-order valence-corrected chi connectivity index (χ3v) is 19.0. The second-order valence-electron chi connectivity index (χ2n) is 27.2. The Hall–Kier alpha value is -4.57. The number of aliphatic hydroxyl groups is 2. The number of ether oxygens (including phenoxy) is 3. The fourth-order valence-corrected chi connectivity index (χ4v) is 12.5. The zero-order chi connectivity index (χ0) is 76.6. The van der Waals surface area contributed by atoms with Crippen LogP contribution in [0.25, 0.3) is 0 Å². The summed E-state index contributed by atoms with van der Waals surface area (Å²) in [7, 11) is -9.79. The molecule has 0 radical (unpaired) electrons. The summed E-state index contributed by atoms with van der Waals surface area (Å²) in [6, 6.07) is 0. The third-order valence-electron chi connectivity index (χ3n) is 17.1. The van der Waals surface area contributed by atoms with E-state index in [2.05, 4.69) is 167 Å². The Morgan fingerprint density at radius 2 is 0.505 bits per heavy atom. The highest BCUT2D eigenvalue weighted by Gasteiger charge is 2.29. The van der Waals surface area contributed by atoms with Crippen LogP contribution in [0.2, 0.25) is 0 Å². The Labute approximate surface area is 638 Å². The van der Waals surface area contributed by atoms with Gasteiger partial charge in [0.05, 0.1) is 26.4 Å². The first-order valence-electron chi connectivity index (χ1n) is 41.1. The number of rotatable bonds is 77. The van der Waals surface area contributed by atoms with Crippen molar-refractivity contribution in [1.82, 2.24) is 0 Å². The van der Waals surface area contributed by atoms with Gasteiger partial charge < -0.3 is 34.2 Å². The molecule has 602 valence electrons. The second kappa shape index (κ2) is 79.0. The molecule has 0 aliphatic carbocycles. The van der Waals surface area contributed by atoms with Crippen molar-refractivity contribution in [3.63, 3.8) is 0 Å². The van der Waals surface area contributed by atoms with Crippen LogP contribution in [0.4, 0.5) is 0 Å². The first-order valence-corrected chi connectivity index (χ1v) is 44.1. The predicted molar refractivity (Wildman–Crippen MR) is 436 cm³/mol. The summed E-state index contributed by atoms with van der Waals surface area (Å²) in [5.74, 6) is -1.59. The number of carbonyl (C=O) groups is 3. The highest BCUT2D eigenvalue weighted by Crippen LogP contribution is 2.45. The molecule has 0 rings (SSSR count). The van der Waals surface area contributed by atoms with E-state index in [9.17, 15) is 43.5 Å². The van der Waals surface area contributed by atoms with E-state index in [1.54, 1.807) is 0 Å². The number of allylic oxidation sites excluding steroid dienone is 24. The summed E-state index contributed by atoms with van der Waals surface area (Å²) in [6.07, 6.45) is 97.7. The van der Waals surface area contributed by atoms with Crippen LogP contribution in [0.1, 0.15) is 329 Å². The van der Waals surface area contributed by atoms with E-state index in [-0.39, 0.29) is 19.3 Å². The molecular formula is C87H148O16P2. The smallest absolute Gasteiger partial charge is 0.463 e. The van der Waals surface area contributed by atoms with Crippen LogP contribution in [-0.4, -0.2) is 95.9 Å². The van der Waals surface area contributed by atoms with Gasteiger partial charge in [0.2, 0.25) is 0 Å². The molecular weight excluding hydrogens is 1360 g/mol. The molecule has 0 aliphatic heterocycles. The standard InChI is InChI=1S/C87H148O16P2/c1-4-7-10-13-16-19-22-24-26-28-30-32-34-36-37-38-39-40-41-42-43-45-47-48-50-52-54-56-59-61-64-67-70-73-85(90)97-76-82(88)77-99-104(93,94)100-78-83(89)79-101-105(95,96)102-81-84(103-87(92)75-72-69-66-63-58-21-18-15-12-9-6-3)80-98-86(91)74-71-68-65-62-60-57-55-53-51-49-46-44-35-33-31-29-27-25-23-20-17-14-11-8-5-2/h7-8,10-11,16-17,19-20,24-27,30-33,36-37,39-40,44,46,51,53,82-84,88-89H,4-6,9,12-15,18,21-23,28-29,34-35,38,41-43,45,47-50,52,54-81H2,1-3H3,(H,93,94)(H,95,96)/b10-7-,11-8-,19-16-,20-17-,26-24-,27-25-,32-30-,33-31-,37-36-,40-39-,46-44-,53-51-. The Balaban J connectivity index is 4.41. The van der Waals surface area contributed by atoms with Crippen LogP contribution in [0.5, 0.6) is 0 Å². The molecule has 0 aromatic carbocycles. The van der Waals surface area contributed by atoms with Crippen LogP contribution in [0.15, 0.2) is 146 Å². The van der Waals surface area contributed by atoms with E-state index >= 15 is 0 Å². The van der Waals surface area contributed by atoms with Crippen molar-refractivity contribution < 1.29 is 75.8 Å². The highest BCUT2D eigenvalue weighted by atomic mass is 31.2. The number of hydrogen-bond donors (Lipinski definition) is 4. The lowest BCUT2D eigenvalue weighted by atomic mass is 10.0. The number of hydrogen-bond acceptors (Lipinski definition) is 14. The molecule has 0 fully saturated rings. The maximum Gasteiger partial charge on any atom is 0.472 e. The largest absolute Gasteiger partial charge is 0.472 e. The van der Waals surface area contributed by atoms with Gasteiger partial charge in [0.15, 0.2) is 6.10 Å². The van der Waals surface area contributed by atoms with Gasteiger partial charge in [-0.05, 0) is 122 Å². The van der Waals surface area contributed by atoms with E-state index in [1.807, 2.05) is 0 Å². The van der Waals surface area contributed by atoms with Gasteiger partial charge in [-0.1, -0.05) is 334 Å². The van der Waals surface area contributed by atoms with Crippen molar-refractivity contribution in [3.8, 4) is 0 Å². The quantitative estimate of drug-likeness (QED) is 0.0146. The molecule has 0 saturated carbocycles. The topological polar surface area (TPSA) is 231 Å². The zero-order valence-corrected chi connectivity index (χ0v) is 67.6. The second-order valence-corrected chi connectivity index (χ2v) is 30.1. The Morgan fingerprint density at radius 3 is 0.800 bits per heavy atom. The minimum Gasteiger partial charge on any atom is -0.463 e. The molecule has 0 bridgehead atoms. The van der Waals surface area contributed by atoms with Gasteiger partial charge in [-0.2, -0.15) is 0 Å². The third kappa shape index (κ3) is 80.3. The van der Waals surface area contributed by atoms with Crippen LogP contribution in [0.3, 0.4) is 0 Å². The molecule has 0 aliphatic rings. The van der Waals surface area contributed by atoms with Crippen molar-refractivity contribution in [3.05, 3.63) is 146 Å². The van der Waals surface area contributed by atoms with Gasteiger partial charge in [-0.25, -0.2) is 9.13 Å². The van der Waals surface area contributed by atoms with Gasteiger partial charge in [0, 0.05) is 19.3 Å². The summed E-state index contributed by atoms with van der Waals surface area (Å²) < 4.78 is 61.1. The Kier molecular flexibility index (Phi) is 75.6. The fourth-order valence-electron chi connectivity index (χ4n) is 10.9. The van der Waals surface area contributed by atoms with Gasteiger partial charge in [-0.15, -0.1) is 0 Å². The normalized spacial score (nSPS) is 14.7. The van der Waals surface area contributed by atoms with Crippen LogP contribution < -0.4 is 0 Å². The summed E-state index contributed by atoms with van der Waals surface area (Å²) in [4.78, 5) is 58.6. The van der Waals surface area contributed by atoms with E-state index in [1.165, 1.54) is 103 Å². The lowest BCUT2D eigenvalue weighted by molar-refractivity contribution is -0.161. The van der Waals surface area contributed by atoms with Crippen molar-refractivity contribution in [1.29, 1.82) is 0 Å². The molecule has 0 amide bonds. The number of unbranched alkanes of at least 4 members (excludes halogenated alkanes) is 30. The van der Waals surface area contributed by atoms with Crippen LogP contribution in [-0.2, 0) is 55.8 Å². The van der Waals surface area contributed by atoms with E-state index in [0.717, 1.165) is 167 Å². The van der Waals surface area contributed by atoms with E-state index in [4.69, 9.17) is 32.3 Å². The first-order chi connectivity index (χ1) is 51.2. The summed E-state index contributed by atoms with van der Waals surface area (Å²) in [5, 5.41) is 20.6. The molecule has 5 unspecified atom stereocenters. The number of phosphoric acid groups is 2. The average molecular weight is 1510 g/mol. The minimum atomic E-state index is -4.93. The number of esters is 3. The lowest BCUT2D eigenvalue weighted by Crippen LogP contribution is -2.30. The van der Waals surface area contributed by atoms with Crippen LogP contribution >= 0.6 is 15.6 Å². The molecule has 0 spiro atoms. The number of aliphatic hydroxyl groups excluding tert-OH is 2. The monoisotopic (exact) mass is 1510 g/mol. The highest BCUT2D eigenvalue weighted by molar-refractivity contribution is 7.47. The summed E-state index contributed by atoms with van der Waals surface area (Å²) >= 11 is 0. The van der Waals surface area contributed by atoms with Gasteiger partial charge in [0.1, 0.15) is 25.4 Å². The molecule has 105 heavy (non-hydrogen) atoms. The average Bonchev–Trinajstić information content (AvgIpc) is 0.933. The molecule has 0 aromatic heterocycles. The molecule has 0 heterocycles. The molecule has 16 nitrogen and oxygen atoms in total. The number of phosphoric ester groups is 2. The first kappa shape index (κ1) is 100. The fraction of sp³-hybridized carbons (Fsp3) is 0.690. The van der Waals surface area contributed by atoms with Gasteiger partial charge in [0.25, 0.3) is 0 Å². The van der Waals surface area contributed by atoms with Crippen molar-refractivity contribution in [2.24, 2.45) is 0 Å². The lowest BCUT2D eigenvalue weighted by Gasteiger charge is -2.21. The number of carbonyl (C=O) groups excluding carboxylic acids is 3. The predicted octanol–water partition coefficient (Wildman–Crippen LogP) is 24.4. The van der Waals surface area contributed by atoms with Crippen molar-refractivity contribution >= 4 is 33.6 Å². The Bertz CT molecular complexity index is 2490. The van der Waals surface area contributed by atoms with Crippen molar-refractivity contribution in [2.45, 2.75) is 347 Å². The Morgan fingerprint density at radius 1 is 0.276 bits per heavy atom. The zero-order valence-electron chi connectivity index (χ0n) is 65.9. The van der Waals surface area contributed by atoms with Gasteiger partial charge in [-0.3, -0.25) is 32.5 Å². The summed E-state index contributed by atoms with van der Waals surface area (Å²) in [5.41, 5.74) is 0. The maximum atomic E-state index is 12.9. The SMILES string of the molecule is CC/C=C\C/C=C\C/C=C\C/C=C\C/C=C\C/C=C\CCCCCCCCCCCCCCCCC(=O)OCC(O)COP(=O)(O)OCC(O)COP(=O)(O)OCC(COC(=O)CCCCCCCC/C=C\C/C=C\C/C=C\C/C=C\C/C=C\C/C=C\CC)OC(=O)CCCCCCCCCCCCC. The van der Waals surface area contributed by atoms with E-state index < -0.39 is 91.5 Å². The molecule has 0 aromatic rings.